The molecular formula is C13H9FN2O2. The average molecular weight is 244 g/mol. The van der Waals surface area contributed by atoms with Crippen molar-refractivity contribution >= 4 is 11.6 Å². The number of hydrogen-bond acceptors (Lipinski definition) is 4. The first-order valence-corrected chi connectivity index (χ1v) is 5.21. The topological polar surface area (TPSA) is 81.7 Å². The lowest BCUT2D eigenvalue weighted by molar-refractivity contribution is -0.121. The second kappa shape index (κ2) is 5.70. The summed E-state index contributed by atoms with van der Waals surface area (Å²) in [4.78, 5) is 22.9. The molecule has 0 heterocycles. The standard InChI is InChI=1S/C13H9FN2O2/c1-2-11(17)12(14)13(18)9-5-3-4-8(6-15)10(9)7-16/h3-5,12H,2H2,1H3. The zero-order valence-electron chi connectivity index (χ0n) is 9.61. The number of hydrogen-bond donors (Lipinski definition) is 0. The molecule has 0 amide bonds. The van der Waals surface area contributed by atoms with Crippen LogP contribution in [0.3, 0.4) is 0 Å². The van der Waals surface area contributed by atoms with Crippen LogP contribution in [-0.4, -0.2) is 17.7 Å². The Hall–Kier alpha value is -2.53. The van der Waals surface area contributed by atoms with Gasteiger partial charge in [-0.3, -0.25) is 9.59 Å². The first-order chi connectivity index (χ1) is 8.56. The normalized spacial score (nSPS) is 11.1. The second-order valence-corrected chi connectivity index (χ2v) is 3.50. The number of rotatable bonds is 4. The van der Waals surface area contributed by atoms with Crippen LogP contribution in [-0.2, 0) is 4.79 Å². The maximum Gasteiger partial charge on any atom is 0.220 e. The maximum absolute atomic E-state index is 13.5. The molecule has 1 aromatic carbocycles. The third kappa shape index (κ3) is 2.41. The summed E-state index contributed by atoms with van der Waals surface area (Å²) < 4.78 is 13.5. The van der Waals surface area contributed by atoms with Crippen molar-refractivity contribution in [3.8, 4) is 12.1 Å². The molecule has 0 aliphatic carbocycles. The van der Waals surface area contributed by atoms with Crippen molar-refractivity contribution < 1.29 is 14.0 Å². The molecule has 1 atom stereocenters. The number of Topliss-reactive ketones (excluding diaryl/α,β-unsaturated/α-hetero) is 2. The Kier molecular flexibility index (Phi) is 4.28. The highest BCUT2D eigenvalue weighted by atomic mass is 19.1. The van der Waals surface area contributed by atoms with Gasteiger partial charge in [-0.25, -0.2) is 4.39 Å². The first kappa shape index (κ1) is 13.5. The van der Waals surface area contributed by atoms with Crippen LogP contribution < -0.4 is 0 Å². The number of carbonyl (C=O) groups is 2. The highest BCUT2D eigenvalue weighted by molar-refractivity contribution is 6.14. The van der Waals surface area contributed by atoms with E-state index in [4.69, 9.17) is 10.5 Å². The molecule has 0 fully saturated rings. The molecule has 1 rings (SSSR count). The summed E-state index contributed by atoms with van der Waals surface area (Å²) in [7, 11) is 0. The maximum atomic E-state index is 13.5. The Balaban J connectivity index is 3.28. The van der Waals surface area contributed by atoms with Crippen LogP contribution >= 0.6 is 0 Å². The van der Waals surface area contributed by atoms with Gasteiger partial charge in [0.05, 0.1) is 11.1 Å². The molecule has 4 nitrogen and oxygen atoms in total. The van der Waals surface area contributed by atoms with Gasteiger partial charge in [-0.15, -0.1) is 0 Å². The smallest absolute Gasteiger partial charge is 0.220 e. The number of carbonyl (C=O) groups excluding carboxylic acids is 2. The second-order valence-electron chi connectivity index (χ2n) is 3.50. The molecule has 0 aliphatic rings. The van der Waals surface area contributed by atoms with Gasteiger partial charge in [0.25, 0.3) is 0 Å². The third-order valence-electron chi connectivity index (χ3n) is 2.42. The van der Waals surface area contributed by atoms with Crippen LogP contribution in [0.15, 0.2) is 18.2 Å². The predicted octanol–water partition coefficient (Wildman–Crippen LogP) is 1.93. The van der Waals surface area contributed by atoms with Gasteiger partial charge in [0.15, 0.2) is 5.78 Å². The molecule has 0 bridgehead atoms. The molecule has 1 aromatic rings. The predicted molar refractivity (Wildman–Crippen MR) is 60.4 cm³/mol. The minimum absolute atomic E-state index is 0.0144. The number of alkyl halides is 1. The minimum Gasteiger partial charge on any atom is -0.296 e. The molecule has 0 N–H and O–H groups in total. The summed E-state index contributed by atoms with van der Waals surface area (Å²) in [6.45, 7) is 1.44. The number of halogens is 1. The van der Waals surface area contributed by atoms with Crippen LogP contribution in [0.5, 0.6) is 0 Å². The van der Waals surface area contributed by atoms with Crippen molar-refractivity contribution in [1.29, 1.82) is 10.5 Å². The van der Waals surface area contributed by atoms with E-state index in [1.54, 1.807) is 12.1 Å². The lowest BCUT2D eigenvalue weighted by Crippen LogP contribution is -2.26. The van der Waals surface area contributed by atoms with E-state index in [1.807, 2.05) is 0 Å². The summed E-state index contributed by atoms with van der Waals surface area (Å²) >= 11 is 0. The largest absolute Gasteiger partial charge is 0.296 e. The number of ketones is 2. The van der Waals surface area contributed by atoms with Gasteiger partial charge in [0, 0.05) is 12.0 Å². The average Bonchev–Trinajstić information content (AvgIpc) is 2.43. The summed E-state index contributed by atoms with van der Waals surface area (Å²) in [5, 5.41) is 17.7. The molecule has 0 saturated heterocycles. The summed E-state index contributed by atoms with van der Waals surface area (Å²) in [5.74, 6) is -1.92. The van der Waals surface area contributed by atoms with Gasteiger partial charge in [0.2, 0.25) is 12.0 Å². The van der Waals surface area contributed by atoms with E-state index in [9.17, 15) is 14.0 Å². The number of nitrogens with zero attached hydrogens (tertiary/aromatic N) is 2. The van der Waals surface area contributed by atoms with Gasteiger partial charge in [-0.2, -0.15) is 10.5 Å². The molecular weight excluding hydrogens is 235 g/mol. The van der Waals surface area contributed by atoms with Crippen LogP contribution in [0.1, 0.15) is 34.8 Å². The van der Waals surface area contributed by atoms with Crippen LogP contribution in [0.4, 0.5) is 4.39 Å². The van der Waals surface area contributed by atoms with Crippen molar-refractivity contribution in [1.82, 2.24) is 0 Å². The van der Waals surface area contributed by atoms with Crippen LogP contribution in [0.25, 0.3) is 0 Å². The van der Waals surface area contributed by atoms with Gasteiger partial charge < -0.3 is 0 Å². The quantitative estimate of drug-likeness (QED) is 0.598. The Morgan fingerprint density at radius 3 is 2.50 bits per heavy atom. The Labute approximate surface area is 103 Å². The zero-order chi connectivity index (χ0) is 13.7. The fourth-order valence-corrected chi connectivity index (χ4v) is 1.43. The van der Waals surface area contributed by atoms with E-state index in [2.05, 4.69) is 0 Å². The minimum atomic E-state index is -2.28. The molecule has 18 heavy (non-hydrogen) atoms. The van der Waals surface area contributed by atoms with E-state index in [0.29, 0.717) is 0 Å². The lowest BCUT2D eigenvalue weighted by atomic mass is 9.96. The number of nitriles is 2. The summed E-state index contributed by atoms with van der Waals surface area (Å²) in [6.07, 6.45) is -2.39. The molecule has 0 radical (unpaired) electrons. The summed E-state index contributed by atoms with van der Waals surface area (Å²) in [6, 6.07) is 7.38. The van der Waals surface area contributed by atoms with Crippen LogP contribution in [0.2, 0.25) is 0 Å². The summed E-state index contributed by atoms with van der Waals surface area (Å²) in [5.41, 5.74) is -0.443. The van der Waals surface area contributed by atoms with Crippen molar-refractivity contribution in [2.75, 3.05) is 0 Å². The lowest BCUT2D eigenvalue weighted by Gasteiger charge is -2.07. The first-order valence-electron chi connectivity index (χ1n) is 5.21. The highest BCUT2D eigenvalue weighted by Crippen LogP contribution is 2.17. The Morgan fingerprint density at radius 1 is 1.33 bits per heavy atom. The van der Waals surface area contributed by atoms with E-state index < -0.39 is 17.7 Å². The monoisotopic (exact) mass is 244 g/mol. The zero-order valence-corrected chi connectivity index (χ0v) is 9.61. The van der Waals surface area contributed by atoms with Gasteiger partial charge in [-0.05, 0) is 12.1 Å². The van der Waals surface area contributed by atoms with E-state index in [-0.39, 0.29) is 23.1 Å². The van der Waals surface area contributed by atoms with Crippen molar-refractivity contribution in [2.45, 2.75) is 19.5 Å². The fraction of sp³-hybridized carbons (Fsp3) is 0.231. The van der Waals surface area contributed by atoms with Gasteiger partial charge in [0.1, 0.15) is 12.1 Å². The molecule has 90 valence electrons. The van der Waals surface area contributed by atoms with E-state index in [0.717, 1.165) is 0 Å². The number of benzene rings is 1. The Bertz CT molecular complexity index is 582. The SMILES string of the molecule is CCC(=O)C(F)C(=O)c1cccc(C#N)c1C#N. The van der Waals surface area contributed by atoms with Crippen molar-refractivity contribution in [2.24, 2.45) is 0 Å². The fourth-order valence-electron chi connectivity index (χ4n) is 1.43. The van der Waals surface area contributed by atoms with Crippen LogP contribution in [0, 0.1) is 22.7 Å². The van der Waals surface area contributed by atoms with Crippen molar-refractivity contribution in [3.05, 3.63) is 34.9 Å². The molecule has 5 heteroatoms. The van der Waals surface area contributed by atoms with Gasteiger partial charge >= 0.3 is 0 Å². The Morgan fingerprint density at radius 2 is 2.00 bits per heavy atom. The molecule has 1 unspecified atom stereocenters. The van der Waals surface area contributed by atoms with E-state index in [1.165, 1.54) is 25.1 Å². The molecule has 0 saturated carbocycles. The highest BCUT2D eigenvalue weighted by Gasteiger charge is 2.28. The van der Waals surface area contributed by atoms with Gasteiger partial charge in [-0.1, -0.05) is 13.0 Å². The third-order valence-corrected chi connectivity index (χ3v) is 2.42. The van der Waals surface area contributed by atoms with Crippen molar-refractivity contribution in [3.63, 3.8) is 0 Å². The molecule has 0 aliphatic heterocycles. The van der Waals surface area contributed by atoms with E-state index >= 15 is 0 Å². The molecule has 0 aromatic heterocycles. The molecule has 0 spiro atoms.